The summed E-state index contributed by atoms with van der Waals surface area (Å²) in [6.45, 7) is 2.13. The van der Waals surface area contributed by atoms with Gasteiger partial charge in [-0.3, -0.25) is 0 Å². The zero-order valence-electron chi connectivity index (χ0n) is 10.8. The summed E-state index contributed by atoms with van der Waals surface area (Å²) in [4.78, 5) is 0. The highest BCUT2D eigenvalue weighted by molar-refractivity contribution is 14.1. The molecule has 0 spiro atoms. The van der Waals surface area contributed by atoms with E-state index in [1.165, 1.54) is 9.13 Å². The molecule has 1 unspecified atom stereocenters. The second-order valence-corrected chi connectivity index (χ2v) is 5.92. The number of methoxy groups -OCH3 is 1. The quantitative estimate of drug-likeness (QED) is 0.735. The molecule has 2 aromatic rings. The minimum Gasteiger partial charge on any atom is -0.495 e. The maximum absolute atomic E-state index is 6.11. The topological polar surface area (TPSA) is 21.3 Å². The van der Waals surface area contributed by atoms with Gasteiger partial charge in [-0.15, -0.1) is 0 Å². The Balaban J connectivity index is 2.12. The van der Waals surface area contributed by atoms with Crippen molar-refractivity contribution in [2.75, 3.05) is 12.4 Å². The highest BCUT2D eigenvalue weighted by atomic mass is 127. The van der Waals surface area contributed by atoms with Crippen LogP contribution in [-0.2, 0) is 0 Å². The van der Waals surface area contributed by atoms with Gasteiger partial charge in [0, 0.05) is 15.3 Å². The van der Waals surface area contributed by atoms with Crippen molar-refractivity contribution in [3.05, 3.63) is 56.6 Å². The van der Waals surface area contributed by atoms with Crippen molar-refractivity contribution in [3.63, 3.8) is 0 Å². The Labute approximate surface area is 132 Å². The van der Waals surface area contributed by atoms with Gasteiger partial charge in [-0.25, -0.2) is 0 Å². The van der Waals surface area contributed by atoms with Gasteiger partial charge in [0.15, 0.2) is 0 Å². The van der Waals surface area contributed by atoms with Crippen LogP contribution in [0.5, 0.6) is 5.75 Å². The molecule has 19 heavy (non-hydrogen) atoms. The van der Waals surface area contributed by atoms with Crippen LogP contribution in [0.2, 0.25) is 5.02 Å². The highest BCUT2D eigenvalue weighted by Crippen LogP contribution is 2.29. The lowest BCUT2D eigenvalue weighted by Crippen LogP contribution is -2.06. The van der Waals surface area contributed by atoms with Crippen molar-refractivity contribution in [2.45, 2.75) is 13.0 Å². The van der Waals surface area contributed by atoms with Crippen LogP contribution in [0, 0.1) is 3.57 Å². The summed E-state index contributed by atoms with van der Waals surface area (Å²) in [6, 6.07) is 14.4. The molecule has 2 aromatic carbocycles. The second kappa shape index (κ2) is 6.48. The summed E-state index contributed by atoms with van der Waals surface area (Å²) in [5.74, 6) is 0.689. The monoisotopic (exact) mass is 387 g/mol. The van der Waals surface area contributed by atoms with Gasteiger partial charge in [-0.2, -0.15) is 0 Å². The summed E-state index contributed by atoms with van der Waals surface area (Å²) in [5.41, 5.74) is 2.23. The van der Waals surface area contributed by atoms with Crippen LogP contribution >= 0.6 is 34.2 Å². The molecular formula is C15H15ClINO. The van der Waals surface area contributed by atoms with Gasteiger partial charge in [0.05, 0.1) is 12.1 Å². The Morgan fingerprint density at radius 1 is 1.16 bits per heavy atom. The first kappa shape index (κ1) is 14.5. The van der Waals surface area contributed by atoms with Gasteiger partial charge in [-0.05, 0) is 65.4 Å². The molecule has 0 heterocycles. The van der Waals surface area contributed by atoms with Crippen LogP contribution in [0.4, 0.5) is 5.69 Å². The maximum Gasteiger partial charge on any atom is 0.137 e. The SMILES string of the molecule is COc1ccc(NC(C)c2ccc(I)cc2)cc1Cl. The third kappa shape index (κ3) is 3.76. The van der Waals surface area contributed by atoms with Gasteiger partial charge in [-0.1, -0.05) is 23.7 Å². The lowest BCUT2D eigenvalue weighted by atomic mass is 10.1. The summed E-state index contributed by atoms with van der Waals surface area (Å²) in [5, 5.41) is 4.04. The van der Waals surface area contributed by atoms with Crippen LogP contribution < -0.4 is 10.1 Å². The smallest absolute Gasteiger partial charge is 0.137 e. The molecule has 100 valence electrons. The lowest BCUT2D eigenvalue weighted by molar-refractivity contribution is 0.415. The summed E-state index contributed by atoms with van der Waals surface area (Å²) >= 11 is 8.42. The van der Waals surface area contributed by atoms with Crippen LogP contribution in [-0.4, -0.2) is 7.11 Å². The fraction of sp³-hybridized carbons (Fsp3) is 0.200. The molecule has 0 amide bonds. The number of rotatable bonds is 4. The number of halogens is 2. The predicted octanol–water partition coefficient (Wildman–Crippen LogP) is 5.13. The van der Waals surface area contributed by atoms with E-state index in [4.69, 9.17) is 16.3 Å². The van der Waals surface area contributed by atoms with E-state index in [1.54, 1.807) is 7.11 Å². The van der Waals surface area contributed by atoms with Crippen LogP contribution in [0.3, 0.4) is 0 Å². The van der Waals surface area contributed by atoms with Crippen molar-refractivity contribution in [2.24, 2.45) is 0 Å². The van der Waals surface area contributed by atoms with E-state index in [1.807, 2.05) is 18.2 Å². The number of ether oxygens (including phenoxy) is 1. The van der Waals surface area contributed by atoms with Crippen LogP contribution in [0.1, 0.15) is 18.5 Å². The number of nitrogens with one attached hydrogen (secondary N) is 1. The van der Waals surface area contributed by atoms with E-state index >= 15 is 0 Å². The second-order valence-electron chi connectivity index (χ2n) is 4.27. The van der Waals surface area contributed by atoms with Gasteiger partial charge in [0.2, 0.25) is 0 Å². The fourth-order valence-corrected chi connectivity index (χ4v) is 2.46. The summed E-state index contributed by atoms with van der Waals surface area (Å²) in [7, 11) is 1.61. The predicted molar refractivity (Wildman–Crippen MR) is 89.2 cm³/mol. The molecule has 0 aliphatic carbocycles. The minimum absolute atomic E-state index is 0.224. The Hall–Kier alpha value is -0.940. The lowest BCUT2D eigenvalue weighted by Gasteiger charge is -2.16. The number of hydrogen-bond acceptors (Lipinski definition) is 2. The molecule has 0 saturated heterocycles. The molecule has 0 bridgehead atoms. The molecule has 0 aliphatic rings. The van der Waals surface area contributed by atoms with Gasteiger partial charge in [0.1, 0.15) is 5.75 Å². The molecule has 0 saturated carbocycles. The molecule has 1 N–H and O–H groups in total. The molecule has 0 fully saturated rings. The van der Waals surface area contributed by atoms with E-state index in [0.717, 1.165) is 5.69 Å². The van der Waals surface area contributed by atoms with E-state index in [-0.39, 0.29) is 6.04 Å². The third-order valence-corrected chi connectivity index (χ3v) is 3.92. The van der Waals surface area contributed by atoms with Crippen molar-refractivity contribution >= 4 is 39.9 Å². The Morgan fingerprint density at radius 2 is 1.84 bits per heavy atom. The zero-order chi connectivity index (χ0) is 13.8. The molecule has 0 radical (unpaired) electrons. The first-order valence-corrected chi connectivity index (χ1v) is 7.41. The van der Waals surface area contributed by atoms with E-state index in [9.17, 15) is 0 Å². The van der Waals surface area contributed by atoms with Gasteiger partial charge in [0.25, 0.3) is 0 Å². The zero-order valence-corrected chi connectivity index (χ0v) is 13.7. The number of hydrogen-bond donors (Lipinski definition) is 1. The van der Waals surface area contributed by atoms with Crippen molar-refractivity contribution in [3.8, 4) is 5.75 Å². The van der Waals surface area contributed by atoms with Gasteiger partial charge < -0.3 is 10.1 Å². The Kier molecular flexibility index (Phi) is 4.93. The normalized spacial score (nSPS) is 12.0. The third-order valence-electron chi connectivity index (χ3n) is 2.90. The molecule has 2 rings (SSSR count). The largest absolute Gasteiger partial charge is 0.495 e. The maximum atomic E-state index is 6.11. The number of anilines is 1. The number of benzene rings is 2. The van der Waals surface area contributed by atoms with E-state index in [0.29, 0.717) is 10.8 Å². The minimum atomic E-state index is 0.224. The fourth-order valence-electron chi connectivity index (χ4n) is 1.84. The van der Waals surface area contributed by atoms with E-state index in [2.05, 4.69) is 59.1 Å². The van der Waals surface area contributed by atoms with Crippen molar-refractivity contribution in [1.29, 1.82) is 0 Å². The summed E-state index contributed by atoms with van der Waals surface area (Å²) in [6.07, 6.45) is 0. The highest BCUT2D eigenvalue weighted by Gasteiger charge is 2.07. The van der Waals surface area contributed by atoms with Crippen molar-refractivity contribution in [1.82, 2.24) is 0 Å². The first-order valence-electron chi connectivity index (χ1n) is 5.95. The summed E-state index contributed by atoms with van der Waals surface area (Å²) < 4.78 is 6.38. The first-order chi connectivity index (χ1) is 9.10. The molecule has 4 heteroatoms. The molecule has 0 aliphatic heterocycles. The molecule has 0 aromatic heterocycles. The standard InChI is InChI=1S/C15H15ClINO/c1-10(11-3-5-12(17)6-4-11)18-13-7-8-15(19-2)14(16)9-13/h3-10,18H,1-2H3. The van der Waals surface area contributed by atoms with Crippen molar-refractivity contribution < 1.29 is 4.74 Å². The molecule has 1 atom stereocenters. The Bertz CT molecular complexity index is 557. The average molecular weight is 388 g/mol. The van der Waals surface area contributed by atoms with Crippen LogP contribution in [0.25, 0.3) is 0 Å². The molecular weight excluding hydrogens is 373 g/mol. The molecule has 2 nitrogen and oxygen atoms in total. The average Bonchev–Trinajstić information content (AvgIpc) is 2.39. The van der Waals surface area contributed by atoms with Crippen LogP contribution in [0.15, 0.2) is 42.5 Å². The Morgan fingerprint density at radius 3 is 2.42 bits per heavy atom. The van der Waals surface area contributed by atoms with E-state index < -0.39 is 0 Å². The van der Waals surface area contributed by atoms with Gasteiger partial charge >= 0.3 is 0 Å².